The van der Waals surface area contributed by atoms with Crippen molar-refractivity contribution in [3.63, 3.8) is 0 Å². The Balaban J connectivity index is 1.54. The lowest BCUT2D eigenvalue weighted by Crippen LogP contribution is -2.37. The molecule has 5 heterocycles. The zero-order valence-corrected chi connectivity index (χ0v) is 11.6. The van der Waals surface area contributed by atoms with E-state index < -0.39 is 0 Å². The van der Waals surface area contributed by atoms with Gasteiger partial charge in [-0.2, -0.15) is 0 Å². The summed E-state index contributed by atoms with van der Waals surface area (Å²) >= 11 is 0. The summed E-state index contributed by atoms with van der Waals surface area (Å²) in [4.78, 5) is 18.2. The molecule has 110 valence electrons. The predicted molar refractivity (Wildman–Crippen MR) is 74.8 cm³/mol. The fourth-order valence-corrected chi connectivity index (χ4v) is 4.59. The van der Waals surface area contributed by atoms with Crippen LogP contribution in [0.2, 0.25) is 0 Å². The second-order valence-electron chi connectivity index (χ2n) is 6.39. The molecule has 0 unspecified atom stereocenters. The number of ether oxygens (including phenoxy) is 1. The molecule has 3 saturated heterocycles. The van der Waals surface area contributed by atoms with Gasteiger partial charge in [-0.05, 0) is 12.8 Å². The Morgan fingerprint density at radius 2 is 2.38 bits per heavy atom. The summed E-state index contributed by atoms with van der Waals surface area (Å²) in [5.74, 6) is 1.56. The summed E-state index contributed by atoms with van der Waals surface area (Å²) in [7, 11) is 0. The molecule has 3 aliphatic heterocycles. The quantitative estimate of drug-likeness (QED) is 0.827. The topological polar surface area (TPSA) is 87.2 Å². The number of aliphatic hydroxyl groups excluding tert-OH is 1. The first-order chi connectivity index (χ1) is 10.3. The van der Waals surface area contributed by atoms with E-state index in [1.54, 1.807) is 12.7 Å². The Bertz CT molecular complexity index is 703. The molecule has 0 saturated carbocycles. The largest absolute Gasteiger partial charge is 0.396 e. The third-order valence-electron chi connectivity index (χ3n) is 5.50. The molecule has 21 heavy (non-hydrogen) atoms. The van der Waals surface area contributed by atoms with Crippen molar-refractivity contribution in [3.05, 3.63) is 12.7 Å². The van der Waals surface area contributed by atoms with Crippen LogP contribution in [0.1, 0.15) is 12.8 Å². The summed E-state index contributed by atoms with van der Waals surface area (Å²) < 4.78 is 6.26. The maximum absolute atomic E-state index is 9.69. The van der Waals surface area contributed by atoms with Crippen molar-refractivity contribution in [2.24, 2.45) is 11.8 Å². The normalized spacial score (nSPS) is 37.6. The van der Waals surface area contributed by atoms with Crippen LogP contribution in [0.3, 0.4) is 0 Å². The number of nitrogens with one attached hydrogen (secondary N) is 1. The lowest BCUT2D eigenvalue weighted by molar-refractivity contribution is 0.0129. The molecule has 0 aliphatic carbocycles. The van der Waals surface area contributed by atoms with Crippen molar-refractivity contribution < 1.29 is 9.84 Å². The van der Waals surface area contributed by atoms with Crippen LogP contribution in [-0.2, 0) is 4.74 Å². The fraction of sp³-hybridized carbons (Fsp3) is 0.643. The van der Waals surface area contributed by atoms with E-state index >= 15 is 0 Å². The van der Waals surface area contributed by atoms with Gasteiger partial charge in [-0.3, -0.25) is 0 Å². The summed E-state index contributed by atoms with van der Waals surface area (Å²) in [6.07, 6.45) is 5.62. The molecule has 0 radical (unpaired) electrons. The van der Waals surface area contributed by atoms with Crippen molar-refractivity contribution in [3.8, 4) is 0 Å². The van der Waals surface area contributed by atoms with E-state index in [1.165, 1.54) is 0 Å². The molecule has 3 aliphatic rings. The van der Waals surface area contributed by atoms with Gasteiger partial charge in [-0.1, -0.05) is 0 Å². The van der Waals surface area contributed by atoms with Crippen LogP contribution in [0.15, 0.2) is 12.7 Å². The molecular weight excluding hydrogens is 270 g/mol. The standard InChI is InChI=1S/C14H17N5O2/c20-4-8-9-3-19(5-14(9)2-1-10(8)21-14)13-11-12(16-6-15-11)17-7-18-13/h6-10,20H,1-5H2,(H,15,16,17,18)/t8-,9+,10+,14+/m1/s1. The summed E-state index contributed by atoms with van der Waals surface area (Å²) in [6, 6.07) is 0. The van der Waals surface area contributed by atoms with E-state index in [4.69, 9.17) is 4.74 Å². The molecule has 2 N–H and O–H groups in total. The molecule has 4 atom stereocenters. The zero-order valence-electron chi connectivity index (χ0n) is 11.6. The van der Waals surface area contributed by atoms with Crippen molar-refractivity contribution in [2.75, 3.05) is 24.6 Å². The molecule has 7 heteroatoms. The second-order valence-corrected chi connectivity index (χ2v) is 6.39. The van der Waals surface area contributed by atoms with Crippen LogP contribution < -0.4 is 4.90 Å². The Labute approximate surface area is 121 Å². The Morgan fingerprint density at radius 1 is 1.43 bits per heavy atom. The van der Waals surface area contributed by atoms with E-state index in [0.29, 0.717) is 11.6 Å². The van der Waals surface area contributed by atoms with Crippen molar-refractivity contribution in [1.82, 2.24) is 19.9 Å². The lowest BCUT2D eigenvalue weighted by atomic mass is 9.74. The minimum absolute atomic E-state index is 0.0879. The molecule has 0 aromatic carbocycles. The van der Waals surface area contributed by atoms with Gasteiger partial charge in [-0.25, -0.2) is 15.0 Å². The number of H-pyrrole nitrogens is 1. The fourth-order valence-electron chi connectivity index (χ4n) is 4.59. The first kappa shape index (κ1) is 11.9. The number of imidazole rings is 1. The van der Waals surface area contributed by atoms with Crippen LogP contribution in [-0.4, -0.2) is 56.4 Å². The minimum atomic E-state index is -0.0879. The number of hydrogen-bond acceptors (Lipinski definition) is 6. The summed E-state index contributed by atoms with van der Waals surface area (Å²) in [5, 5.41) is 9.69. The summed E-state index contributed by atoms with van der Waals surface area (Å²) in [6.45, 7) is 1.94. The van der Waals surface area contributed by atoms with E-state index in [-0.39, 0.29) is 24.2 Å². The molecule has 0 amide bonds. The maximum atomic E-state index is 9.69. The second kappa shape index (κ2) is 3.92. The molecule has 7 nitrogen and oxygen atoms in total. The number of fused-ring (bicyclic) bond motifs is 2. The minimum Gasteiger partial charge on any atom is -0.396 e. The van der Waals surface area contributed by atoms with Gasteiger partial charge >= 0.3 is 0 Å². The molecule has 5 rings (SSSR count). The van der Waals surface area contributed by atoms with Crippen LogP contribution in [0, 0.1) is 11.8 Å². The Morgan fingerprint density at radius 3 is 3.29 bits per heavy atom. The molecule has 3 fully saturated rings. The highest BCUT2D eigenvalue weighted by atomic mass is 16.5. The average Bonchev–Trinajstić information content (AvgIpc) is 3.24. The van der Waals surface area contributed by atoms with E-state index in [9.17, 15) is 5.11 Å². The van der Waals surface area contributed by atoms with Gasteiger partial charge in [0.25, 0.3) is 0 Å². The number of aromatic amines is 1. The summed E-state index contributed by atoms with van der Waals surface area (Å²) in [5.41, 5.74) is 1.48. The van der Waals surface area contributed by atoms with Crippen LogP contribution >= 0.6 is 0 Å². The molecule has 2 bridgehead atoms. The number of aliphatic hydroxyl groups is 1. The van der Waals surface area contributed by atoms with Crippen molar-refractivity contribution in [1.29, 1.82) is 0 Å². The maximum Gasteiger partial charge on any atom is 0.182 e. The van der Waals surface area contributed by atoms with Crippen LogP contribution in [0.25, 0.3) is 11.2 Å². The van der Waals surface area contributed by atoms with Gasteiger partial charge in [0, 0.05) is 31.5 Å². The SMILES string of the molecule is OC[C@H]1[C@@H]2CC[C@@]3(CN(c4ncnc5nc[nH]c45)C[C@@H]13)O2. The van der Waals surface area contributed by atoms with Crippen molar-refractivity contribution >= 4 is 17.0 Å². The Hall–Kier alpha value is -1.73. The van der Waals surface area contributed by atoms with Crippen LogP contribution in [0.5, 0.6) is 0 Å². The van der Waals surface area contributed by atoms with Gasteiger partial charge in [0.15, 0.2) is 11.5 Å². The third kappa shape index (κ3) is 1.42. The highest BCUT2D eigenvalue weighted by molar-refractivity contribution is 5.82. The highest BCUT2D eigenvalue weighted by Gasteiger charge is 2.63. The zero-order chi connectivity index (χ0) is 14.0. The van der Waals surface area contributed by atoms with E-state index in [1.807, 2.05) is 0 Å². The average molecular weight is 287 g/mol. The third-order valence-corrected chi connectivity index (χ3v) is 5.50. The van der Waals surface area contributed by atoms with Gasteiger partial charge in [0.05, 0.1) is 18.0 Å². The lowest BCUT2D eigenvalue weighted by Gasteiger charge is -2.27. The highest BCUT2D eigenvalue weighted by Crippen LogP contribution is 2.55. The van der Waals surface area contributed by atoms with Crippen molar-refractivity contribution in [2.45, 2.75) is 24.5 Å². The molecule has 2 aromatic rings. The molecular formula is C14H17N5O2. The number of aromatic nitrogens is 4. The molecule has 1 spiro atoms. The number of hydrogen-bond donors (Lipinski definition) is 2. The monoisotopic (exact) mass is 287 g/mol. The Kier molecular flexibility index (Phi) is 2.22. The number of anilines is 1. The number of rotatable bonds is 2. The first-order valence-corrected chi connectivity index (χ1v) is 7.48. The van der Waals surface area contributed by atoms with Gasteiger partial charge < -0.3 is 19.7 Å². The number of nitrogens with zero attached hydrogens (tertiary/aromatic N) is 4. The van der Waals surface area contributed by atoms with Gasteiger partial charge in [0.2, 0.25) is 0 Å². The van der Waals surface area contributed by atoms with E-state index in [0.717, 1.165) is 37.3 Å². The predicted octanol–water partition coefficient (Wildman–Crippen LogP) is 0.329. The first-order valence-electron chi connectivity index (χ1n) is 7.48. The van der Waals surface area contributed by atoms with Gasteiger partial charge in [-0.15, -0.1) is 0 Å². The smallest absolute Gasteiger partial charge is 0.182 e. The van der Waals surface area contributed by atoms with Crippen LogP contribution in [0.4, 0.5) is 5.82 Å². The molecule has 2 aromatic heterocycles. The van der Waals surface area contributed by atoms with Gasteiger partial charge in [0.1, 0.15) is 11.8 Å². The van der Waals surface area contributed by atoms with E-state index in [2.05, 4.69) is 24.8 Å².